The molecule has 5 heteroatoms. The molecule has 1 aliphatic rings. The second-order valence-corrected chi connectivity index (χ2v) is 7.74. The van der Waals surface area contributed by atoms with Crippen LogP contribution in [0.3, 0.4) is 0 Å². The fraction of sp³-hybridized carbons (Fsp3) is 0.238. The fourth-order valence-corrected chi connectivity index (χ4v) is 4.28. The first kappa shape index (κ1) is 16.9. The fourth-order valence-electron chi connectivity index (χ4n) is 3.23. The lowest BCUT2D eigenvalue weighted by Crippen LogP contribution is -2.29. The lowest BCUT2D eigenvalue weighted by Gasteiger charge is -2.25. The van der Waals surface area contributed by atoms with E-state index in [-0.39, 0.29) is 5.91 Å². The zero-order chi connectivity index (χ0) is 17.9. The number of nitrogens with one attached hydrogen (secondary N) is 1. The maximum atomic E-state index is 12.4. The van der Waals surface area contributed by atoms with Crippen molar-refractivity contribution in [1.82, 2.24) is 9.88 Å². The highest BCUT2D eigenvalue weighted by Gasteiger charge is 2.21. The van der Waals surface area contributed by atoms with Crippen LogP contribution in [0.25, 0.3) is 0 Å². The van der Waals surface area contributed by atoms with E-state index in [9.17, 15) is 4.79 Å². The highest BCUT2D eigenvalue weighted by atomic mass is 32.1. The van der Waals surface area contributed by atoms with Crippen molar-refractivity contribution in [3.8, 4) is 0 Å². The number of nitrogens with zero attached hydrogens (tertiary/aromatic N) is 2. The van der Waals surface area contributed by atoms with Gasteiger partial charge in [-0.1, -0.05) is 48.0 Å². The minimum atomic E-state index is -0.0964. The maximum absolute atomic E-state index is 12.4. The van der Waals surface area contributed by atoms with Gasteiger partial charge in [0.15, 0.2) is 5.13 Å². The van der Waals surface area contributed by atoms with E-state index in [0.717, 1.165) is 37.3 Å². The number of hydrogen-bond acceptors (Lipinski definition) is 4. The number of carbonyl (C=O) groups excluding carboxylic acids is 1. The van der Waals surface area contributed by atoms with Crippen LogP contribution < -0.4 is 5.32 Å². The molecule has 1 N–H and O–H groups in total. The molecule has 3 aromatic rings. The molecular formula is C21H21N3OS. The van der Waals surface area contributed by atoms with E-state index in [0.29, 0.717) is 10.7 Å². The van der Waals surface area contributed by atoms with Crippen molar-refractivity contribution in [3.63, 3.8) is 0 Å². The summed E-state index contributed by atoms with van der Waals surface area (Å²) in [5, 5.41) is 3.65. The first-order valence-electron chi connectivity index (χ1n) is 8.80. The van der Waals surface area contributed by atoms with Crippen LogP contribution in [-0.2, 0) is 19.5 Å². The summed E-state index contributed by atoms with van der Waals surface area (Å²) in [7, 11) is 0. The van der Waals surface area contributed by atoms with Crippen LogP contribution in [0.4, 0.5) is 5.13 Å². The molecule has 4 rings (SSSR count). The number of rotatable bonds is 4. The summed E-state index contributed by atoms with van der Waals surface area (Å²) in [6, 6.07) is 18.1. The van der Waals surface area contributed by atoms with Crippen LogP contribution in [0, 0.1) is 6.92 Å². The van der Waals surface area contributed by atoms with Crippen LogP contribution in [-0.4, -0.2) is 22.3 Å². The number of hydrogen-bond donors (Lipinski definition) is 1. The molecule has 0 radical (unpaired) electrons. The Bertz CT molecular complexity index is 920. The van der Waals surface area contributed by atoms with Crippen molar-refractivity contribution < 1.29 is 4.79 Å². The molecule has 2 aromatic carbocycles. The molecule has 1 aliphatic heterocycles. The third-order valence-corrected chi connectivity index (χ3v) is 5.56. The lowest BCUT2D eigenvalue weighted by molar-refractivity contribution is 0.102. The van der Waals surface area contributed by atoms with Gasteiger partial charge < -0.3 is 0 Å². The molecule has 26 heavy (non-hydrogen) atoms. The average molecular weight is 363 g/mol. The molecule has 0 spiro atoms. The highest BCUT2D eigenvalue weighted by molar-refractivity contribution is 7.15. The SMILES string of the molecule is Cc1cccc(C(=O)Nc2nc3c(s2)CN(Cc2ccccc2)CC3)c1. The van der Waals surface area contributed by atoms with E-state index in [2.05, 4.69) is 39.5 Å². The largest absolute Gasteiger partial charge is 0.298 e. The summed E-state index contributed by atoms with van der Waals surface area (Å²) in [5.41, 5.74) is 4.20. The predicted octanol–water partition coefficient (Wildman–Crippen LogP) is 4.26. The number of benzene rings is 2. The van der Waals surface area contributed by atoms with E-state index in [1.54, 1.807) is 11.3 Å². The first-order valence-corrected chi connectivity index (χ1v) is 9.62. The molecule has 2 heterocycles. The Morgan fingerprint density at radius 3 is 2.85 bits per heavy atom. The number of thiazole rings is 1. The topological polar surface area (TPSA) is 45.2 Å². The monoisotopic (exact) mass is 363 g/mol. The molecule has 0 unspecified atom stereocenters. The van der Waals surface area contributed by atoms with E-state index >= 15 is 0 Å². The van der Waals surface area contributed by atoms with Gasteiger partial charge in [0.05, 0.1) is 5.69 Å². The smallest absolute Gasteiger partial charge is 0.257 e. The molecule has 0 bridgehead atoms. The third kappa shape index (κ3) is 3.84. The van der Waals surface area contributed by atoms with Crippen LogP contribution >= 0.6 is 11.3 Å². The summed E-state index contributed by atoms with van der Waals surface area (Å²) in [4.78, 5) is 20.8. The van der Waals surface area contributed by atoms with Gasteiger partial charge in [-0.15, -0.1) is 11.3 Å². The van der Waals surface area contributed by atoms with Crippen LogP contribution in [0.2, 0.25) is 0 Å². The molecule has 0 saturated carbocycles. The number of fused-ring (bicyclic) bond motifs is 1. The van der Waals surface area contributed by atoms with Crippen molar-refractivity contribution in [2.75, 3.05) is 11.9 Å². The number of anilines is 1. The summed E-state index contributed by atoms with van der Waals surface area (Å²) >= 11 is 1.59. The normalized spacial score (nSPS) is 14.0. The Labute approximate surface area is 157 Å². The van der Waals surface area contributed by atoms with Crippen LogP contribution in [0.5, 0.6) is 0 Å². The number of aryl methyl sites for hydroxylation is 1. The molecule has 0 fully saturated rings. The van der Waals surface area contributed by atoms with Crippen molar-refractivity contribution in [3.05, 3.63) is 81.9 Å². The molecule has 132 valence electrons. The summed E-state index contributed by atoms with van der Waals surface area (Å²) in [5.74, 6) is -0.0964. The van der Waals surface area contributed by atoms with Crippen LogP contribution in [0.15, 0.2) is 54.6 Å². The van der Waals surface area contributed by atoms with Gasteiger partial charge in [-0.2, -0.15) is 0 Å². The minimum absolute atomic E-state index is 0.0964. The van der Waals surface area contributed by atoms with Crippen molar-refractivity contribution >= 4 is 22.4 Å². The predicted molar refractivity (Wildman–Crippen MR) is 106 cm³/mol. The zero-order valence-corrected chi connectivity index (χ0v) is 15.6. The standard InChI is InChI=1S/C21H21N3OS/c1-15-6-5-9-17(12-15)20(25)23-21-22-18-10-11-24(14-19(18)26-21)13-16-7-3-2-4-8-16/h2-9,12H,10-11,13-14H2,1H3,(H,22,23,25). The van der Waals surface area contributed by atoms with Crippen molar-refractivity contribution in [2.45, 2.75) is 26.4 Å². The lowest BCUT2D eigenvalue weighted by atomic mass is 10.1. The second kappa shape index (κ2) is 7.40. The maximum Gasteiger partial charge on any atom is 0.257 e. The minimum Gasteiger partial charge on any atom is -0.298 e. The summed E-state index contributed by atoms with van der Waals surface area (Å²) in [6.45, 7) is 4.82. The van der Waals surface area contributed by atoms with Gasteiger partial charge in [-0.25, -0.2) is 4.98 Å². The average Bonchev–Trinajstić information content (AvgIpc) is 3.04. The number of amides is 1. The van der Waals surface area contributed by atoms with Crippen LogP contribution in [0.1, 0.15) is 32.1 Å². The van der Waals surface area contributed by atoms with Gasteiger partial charge in [-0.3, -0.25) is 15.0 Å². The van der Waals surface area contributed by atoms with Crippen molar-refractivity contribution in [1.29, 1.82) is 0 Å². The molecule has 1 aromatic heterocycles. The molecule has 0 saturated heterocycles. The van der Waals surface area contributed by atoms with Crippen molar-refractivity contribution in [2.24, 2.45) is 0 Å². The Hall–Kier alpha value is -2.50. The number of aromatic nitrogens is 1. The van der Waals surface area contributed by atoms with Gasteiger partial charge >= 0.3 is 0 Å². The summed E-state index contributed by atoms with van der Waals surface area (Å²) in [6.07, 6.45) is 0.930. The second-order valence-electron chi connectivity index (χ2n) is 6.66. The Morgan fingerprint density at radius 1 is 1.19 bits per heavy atom. The Morgan fingerprint density at radius 2 is 2.04 bits per heavy atom. The Balaban J connectivity index is 1.43. The quantitative estimate of drug-likeness (QED) is 0.753. The molecule has 1 amide bonds. The molecule has 0 atom stereocenters. The van der Waals surface area contributed by atoms with Gasteiger partial charge in [0.1, 0.15) is 0 Å². The molecule has 4 nitrogen and oxygen atoms in total. The van der Waals surface area contributed by atoms with E-state index in [1.807, 2.05) is 37.3 Å². The third-order valence-electron chi connectivity index (χ3n) is 4.56. The highest BCUT2D eigenvalue weighted by Crippen LogP contribution is 2.29. The zero-order valence-electron chi connectivity index (χ0n) is 14.7. The Kier molecular flexibility index (Phi) is 4.82. The van der Waals surface area contributed by atoms with E-state index < -0.39 is 0 Å². The van der Waals surface area contributed by atoms with Gasteiger partial charge in [0.2, 0.25) is 0 Å². The first-order chi connectivity index (χ1) is 12.7. The van der Waals surface area contributed by atoms with Gasteiger partial charge in [-0.05, 0) is 24.6 Å². The van der Waals surface area contributed by atoms with Gasteiger partial charge in [0.25, 0.3) is 5.91 Å². The molecular weight excluding hydrogens is 342 g/mol. The number of carbonyl (C=O) groups is 1. The summed E-state index contributed by atoms with van der Waals surface area (Å²) < 4.78 is 0. The van der Waals surface area contributed by atoms with Gasteiger partial charge in [0, 0.05) is 36.5 Å². The molecule has 0 aliphatic carbocycles. The van der Waals surface area contributed by atoms with E-state index in [4.69, 9.17) is 0 Å². The van der Waals surface area contributed by atoms with E-state index in [1.165, 1.54) is 10.4 Å².